The Labute approximate surface area is 77.2 Å². The molecule has 0 amide bonds. The van der Waals surface area contributed by atoms with Crippen LogP contribution in [0.3, 0.4) is 0 Å². The largest absolute Gasteiger partial charge is 0.316 e. The van der Waals surface area contributed by atoms with Crippen LogP contribution in [0.4, 0.5) is 0 Å². The predicted octanol–water partition coefficient (Wildman–Crippen LogP) is 2.83. The third-order valence-electron chi connectivity index (χ3n) is 2.37. The zero-order chi connectivity index (χ0) is 9.40. The molecule has 1 unspecified atom stereocenters. The lowest BCUT2D eigenvalue weighted by Gasteiger charge is -2.15. The summed E-state index contributed by atoms with van der Waals surface area (Å²) in [5.74, 6) is 1.57. The van der Waals surface area contributed by atoms with Crippen LogP contribution < -0.4 is 5.32 Å². The van der Waals surface area contributed by atoms with E-state index in [1.165, 1.54) is 6.42 Å². The van der Waals surface area contributed by atoms with Crippen LogP contribution in [0.25, 0.3) is 0 Å². The summed E-state index contributed by atoms with van der Waals surface area (Å²) in [6, 6.07) is 0. The molecule has 0 aromatic heterocycles. The topological polar surface area (TPSA) is 12.0 Å². The molecular formula is C11H23N. The Hall–Kier alpha value is -0.300. The van der Waals surface area contributed by atoms with Crippen molar-refractivity contribution in [3.63, 3.8) is 0 Å². The minimum Gasteiger partial charge on any atom is -0.316 e. The molecule has 0 bridgehead atoms. The van der Waals surface area contributed by atoms with Crippen molar-refractivity contribution in [2.24, 2.45) is 11.8 Å². The predicted molar refractivity (Wildman–Crippen MR) is 56.3 cm³/mol. The van der Waals surface area contributed by atoms with Gasteiger partial charge in [0.05, 0.1) is 0 Å². The van der Waals surface area contributed by atoms with E-state index in [2.05, 4.69) is 32.7 Å². The third-order valence-corrected chi connectivity index (χ3v) is 2.37. The number of rotatable bonds is 7. The molecule has 1 N–H and O–H groups in total. The third kappa shape index (κ3) is 6.41. The number of hydrogen-bond donors (Lipinski definition) is 1. The van der Waals surface area contributed by atoms with Crippen molar-refractivity contribution in [3.05, 3.63) is 12.7 Å². The molecule has 0 radical (unpaired) electrons. The van der Waals surface area contributed by atoms with Gasteiger partial charge in [-0.3, -0.25) is 0 Å². The van der Waals surface area contributed by atoms with Gasteiger partial charge in [-0.25, -0.2) is 0 Å². The molecule has 1 nitrogen and oxygen atoms in total. The van der Waals surface area contributed by atoms with Crippen molar-refractivity contribution in [1.29, 1.82) is 0 Å². The fourth-order valence-corrected chi connectivity index (χ4v) is 0.937. The molecule has 0 heterocycles. The summed E-state index contributed by atoms with van der Waals surface area (Å²) in [7, 11) is 0. The second-order valence-corrected chi connectivity index (χ2v) is 3.86. The Morgan fingerprint density at radius 1 is 1.33 bits per heavy atom. The SMILES string of the molecule is C=CCCCNCC(C)C(C)C. The highest BCUT2D eigenvalue weighted by molar-refractivity contribution is 4.67. The fraction of sp³-hybridized carbons (Fsp3) is 0.818. The molecule has 0 saturated heterocycles. The minimum absolute atomic E-state index is 0.786. The lowest BCUT2D eigenvalue weighted by molar-refractivity contribution is 0.392. The lowest BCUT2D eigenvalue weighted by atomic mass is 9.98. The van der Waals surface area contributed by atoms with Gasteiger partial charge in [-0.2, -0.15) is 0 Å². The Morgan fingerprint density at radius 2 is 2.00 bits per heavy atom. The normalized spacial score (nSPS) is 13.3. The Morgan fingerprint density at radius 3 is 2.50 bits per heavy atom. The Kier molecular flexibility index (Phi) is 7.17. The van der Waals surface area contributed by atoms with Gasteiger partial charge in [-0.15, -0.1) is 6.58 Å². The number of allylic oxidation sites excluding steroid dienone is 1. The standard InChI is InChI=1S/C11H23N/c1-5-6-7-8-12-9-11(4)10(2)3/h5,10-12H,1,6-9H2,2-4H3. The van der Waals surface area contributed by atoms with E-state index in [9.17, 15) is 0 Å². The maximum atomic E-state index is 3.69. The second kappa shape index (κ2) is 7.35. The van der Waals surface area contributed by atoms with Gasteiger partial charge in [-0.05, 0) is 37.8 Å². The van der Waals surface area contributed by atoms with Crippen LogP contribution in [-0.4, -0.2) is 13.1 Å². The Bertz CT molecular complexity index is 108. The summed E-state index contributed by atoms with van der Waals surface area (Å²) < 4.78 is 0. The van der Waals surface area contributed by atoms with Crippen LogP contribution in [-0.2, 0) is 0 Å². The van der Waals surface area contributed by atoms with Crippen LogP contribution in [0, 0.1) is 11.8 Å². The molecule has 72 valence electrons. The summed E-state index contributed by atoms with van der Waals surface area (Å²) in [6.45, 7) is 12.8. The molecule has 0 spiro atoms. The van der Waals surface area contributed by atoms with Crippen molar-refractivity contribution >= 4 is 0 Å². The molecule has 1 heteroatoms. The monoisotopic (exact) mass is 169 g/mol. The number of nitrogens with one attached hydrogen (secondary N) is 1. The lowest BCUT2D eigenvalue weighted by Crippen LogP contribution is -2.24. The van der Waals surface area contributed by atoms with Gasteiger partial charge in [0.2, 0.25) is 0 Å². The highest BCUT2D eigenvalue weighted by Crippen LogP contribution is 2.07. The molecule has 0 rings (SSSR count). The first-order valence-electron chi connectivity index (χ1n) is 5.00. The van der Waals surface area contributed by atoms with Crippen molar-refractivity contribution in [2.45, 2.75) is 33.6 Å². The molecule has 0 aliphatic rings. The van der Waals surface area contributed by atoms with Crippen LogP contribution in [0.1, 0.15) is 33.6 Å². The zero-order valence-electron chi connectivity index (χ0n) is 8.77. The van der Waals surface area contributed by atoms with E-state index in [4.69, 9.17) is 0 Å². The van der Waals surface area contributed by atoms with E-state index in [0.717, 1.165) is 31.3 Å². The van der Waals surface area contributed by atoms with Gasteiger partial charge >= 0.3 is 0 Å². The summed E-state index contributed by atoms with van der Waals surface area (Å²) in [5.41, 5.74) is 0. The van der Waals surface area contributed by atoms with Crippen molar-refractivity contribution in [2.75, 3.05) is 13.1 Å². The molecule has 12 heavy (non-hydrogen) atoms. The van der Waals surface area contributed by atoms with Crippen molar-refractivity contribution < 1.29 is 0 Å². The van der Waals surface area contributed by atoms with E-state index >= 15 is 0 Å². The quantitative estimate of drug-likeness (QED) is 0.456. The fourth-order valence-electron chi connectivity index (χ4n) is 0.937. The van der Waals surface area contributed by atoms with E-state index in [1.807, 2.05) is 6.08 Å². The first-order valence-corrected chi connectivity index (χ1v) is 5.00. The van der Waals surface area contributed by atoms with Gasteiger partial charge in [0.15, 0.2) is 0 Å². The molecule has 1 atom stereocenters. The highest BCUT2D eigenvalue weighted by Gasteiger charge is 2.04. The molecule has 0 aromatic carbocycles. The van der Waals surface area contributed by atoms with Crippen LogP contribution in [0.5, 0.6) is 0 Å². The smallest absolute Gasteiger partial charge is 0.00207 e. The van der Waals surface area contributed by atoms with Gasteiger partial charge in [0, 0.05) is 0 Å². The molecule has 0 aromatic rings. The highest BCUT2D eigenvalue weighted by atomic mass is 14.8. The average molecular weight is 169 g/mol. The van der Waals surface area contributed by atoms with Crippen LogP contribution in [0.15, 0.2) is 12.7 Å². The summed E-state index contributed by atoms with van der Waals surface area (Å²) in [5, 5.41) is 3.45. The first-order chi connectivity index (χ1) is 5.68. The maximum absolute atomic E-state index is 3.69. The van der Waals surface area contributed by atoms with E-state index in [1.54, 1.807) is 0 Å². The molecule has 0 fully saturated rings. The van der Waals surface area contributed by atoms with Gasteiger partial charge in [0.25, 0.3) is 0 Å². The Balaban J connectivity index is 3.13. The molecule has 0 aliphatic carbocycles. The molecule has 0 aliphatic heterocycles. The van der Waals surface area contributed by atoms with Crippen LogP contribution >= 0.6 is 0 Å². The van der Waals surface area contributed by atoms with Gasteiger partial charge in [-0.1, -0.05) is 26.8 Å². The van der Waals surface area contributed by atoms with E-state index in [0.29, 0.717) is 0 Å². The van der Waals surface area contributed by atoms with Crippen LogP contribution in [0.2, 0.25) is 0 Å². The van der Waals surface area contributed by atoms with Crippen molar-refractivity contribution in [3.8, 4) is 0 Å². The first kappa shape index (κ1) is 11.7. The summed E-state index contributed by atoms with van der Waals surface area (Å²) >= 11 is 0. The maximum Gasteiger partial charge on any atom is -0.00207 e. The summed E-state index contributed by atoms with van der Waals surface area (Å²) in [6.07, 6.45) is 4.32. The van der Waals surface area contributed by atoms with Gasteiger partial charge < -0.3 is 5.32 Å². The minimum atomic E-state index is 0.786. The zero-order valence-corrected chi connectivity index (χ0v) is 8.77. The molecule has 0 saturated carbocycles. The molecular weight excluding hydrogens is 146 g/mol. The van der Waals surface area contributed by atoms with Gasteiger partial charge in [0.1, 0.15) is 0 Å². The average Bonchev–Trinajstić information content (AvgIpc) is 2.03. The second-order valence-electron chi connectivity index (χ2n) is 3.86. The van der Waals surface area contributed by atoms with E-state index < -0.39 is 0 Å². The van der Waals surface area contributed by atoms with E-state index in [-0.39, 0.29) is 0 Å². The summed E-state index contributed by atoms with van der Waals surface area (Å²) in [4.78, 5) is 0. The van der Waals surface area contributed by atoms with Crippen molar-refractivity contribution in [1.82, 2.24) is 5.32 Å². The number of hydrogen-bond acceptors (Lipinski definition) is 1. The number of unbranched alkanes of at least 4 members (excludes halogenated alkanes) is 1.